The van der Waals surface area contributed by atoms with Crippen molar-refractivity contribution in [1.82, 2.24) is 10.2 Å². The lowest BCUT2D eigenvalue weighted by Crippen LogP contribution is -2.36. The van der Waals surface area contributed by atoms with Crippen LogP contribution in [0, 0.1) is 5.41 Å². The van der Waals surface area contributed by atoms with E-state index in [1.807, 2.05) is 46.2 Å². The van der Waals surface area contributed by atoms with Gasteiger partial charge in [-0.3, -0.25) is 4.79 Å². The molecule has 3 aliphatic heterocycles. The summed E-state index contributed by atoms with van der Waals surface area (Å²) in [5, 5.41) is 13.5. The summed E-state index contributed by atoms with van der Waals surface area (Å²) in [6.45, 7) is 4.32. The number of nitrogens with zero attached hydrogens (tertiary/aromatic N) is 2. The van der Waals surface area contributed by atoms with Crippen molar-refractivity contribution in [3.63, 3.8) is 0 Å². The number of alkyl halides is 3. The summed E-state index contributed by atoms with van der Waals surface area (Å²) in [5.74, 6) is -2.78. The van der Waals surface area contributed by atoms with Crippen LogP contribution in [0.3, 0.4) is 0 Å². The minimum absolute atomic E-state index is 0.0248. The molecular weight excluding hydrogens is 477 g/mol. The number of hydrogen-bond acceptors (Lipinski definition) is 4. The molecular formula is C25H27F3N4O4. The molecule has 3 aliphatic rings. The van der Waals surface area contributed by atoms with Gasteiger partial charge in [-0.05, 0) is 55.6 Å². The minimum atomic E-state index is -5.08. The van der Waals surface area contributed by atoms with E-state index in [0.29, 0.717) is 17.8 Å². The van der Waals surface area contributed by atoms with Gasteiger partial charge in [0, 0.05) is 48.5 Å². The molecule has 2 aromatic carbocycles. The Morgan fingerprint density at radius 3 is 2.47 bits per heavy atom. The van der Waals surface area contributed by atoms with Crippen LogP contribution in [0.1, 0.15) is 28.8 Å². The van der Waals surface area contributed by atoms with Crippen molar-refractivity contribution in [2.45, 2.75) is 25.4 Å². The second-order valence-electron chi connectivity index (χ2n) is 9.25. The number of anilines is 2. The predicted octanol–water partition coefficient (Wildman–Crippen LogP) is 3.74. The highest BCUT2D eigenvalue weighted by atomic mass is 19.4. The number of benzene rings is 2. The number of nitrogens with one attached hydrogen (secondary N) is 2. The highest BCUT2D eigenvalue weighted by Gasteiger charge is 2.42. The van der Waals surface area contributed by atoms with Gasteiger partial charge in [0.05, 0.1) is 0 Å². The van der Waals surface area contributed by atoms with E-state index in [1.165, 1.54) is 5.56 Å². The molecule has 1 spiro atoms. The number of amides is 3. The monoisotopic (exact) mass is 504 g/mol. The van der Waals surface area contributed by atoms with E-state index in [4.69, 9.17) is 9.90 Å². The molecule has 192 valence electrons. The number of halogens is 3. The smallest absolute Gasteiger partial charge is 0.475 e. The summed E-state index contributed by atoms with van der Waals surface area (Å²) >= 11 is 0. The molecule has 0 aliphatic carbocycles. The molecule has 36 heavy (non-hydrogen) atoms. The molecule has 0 radical (unpaired) electrons. The predicted molar refractivity (Wildman–Crippen MR) is 127 cm³/mol. The molecule has 2 aromatic rings. The van der Waals surface area contributed by atoms with Crippen LogP contribution < -0.4 is 15.5 Å². The van der Waals surface area contributed by atoms with Gasteiger partial charge in [-0.15, -0.1) is 0 Å². The minimum Gasteiger partial charge on any atom is -0.475 e. The molecule has 8 nitrogen and oxygen atoms in total. The zero-order chi connectivity index (χ0) is 25.9. The molecule has 0 saturated carbocycles. The van der Waals surface area contributed by atoms with Crippen molar-refractivity contribution >= 4 is 29.3 Å². The van der Waals surface area contributed by atoms with E-state index < -0.39 is 12.1 Å². The maximum absolute atomic E-state index is 13.1. The van der Waals surface area contributed by atoms with Crippen molar-refractivity contribution in [3.05, 3.63) is 59.7 Å². The van der Waals surface area contributed by atoms with Crippen LogP contribution in [-0.2, 0) is 11.2 Å². The molecule has 11 heteroatoms. The van der Waals surface area contributed by atoms with Crippen LogP contribution in [0.25, 0.3) is 0 Å². The number of para-hydroxylation sites is 1. The van der Waals surface area contributed by atoms with Gasteiger partial charge in [-0.2, -0.15) is 13.2 Å². The lowest BCUT2D eigenvalue weighted by atomic mass is 9.87. The topological polar surface area (TPSA) is 102 Å². The maximum atomic E-state index is 13.1. The number of carboxylic acid groups (broad SMARTS) is 1. The first-order valence-electron chi connectivity index (χ1n) is 11.6. The first-order chi connectivity index (χ1) is 17.1. The second-order valence-corrected chi connectivity index (χ2v) is 9.25. The van der Waals surface area contributed by atoms with E-state index in [1.54, 1.807) is 6.07 Å². The summed E-state index contributed by atoms with van der Waals surface area (Å²) < 4.78 is 31.7. The van der Waals surface area contributed by atoms with Gasteiger partial charge >= 0.3 is 18.2 Å². The number of carbonyl (C=O) groups is 3. The maximum Gasteiger partial charge on any atom is 0.490 e. The van der Waals surface area contributed by atoms with Crippen LogP contribution in [0.15, 0.2) is 48.5 Å². The lowest BCUT2D eigenvalue weighted by molar-refractivity contribution is -0.192. The average molecular weight is 505 g/mol. The third-order valence-electron chi connectivity index (χ3n) is 6.79. The summed E-state index contributed by atoms with van der Waals surface area (Å²) in [6, 6.07) is 15.2. The van der Waals surface area contributed by atoms with E-state index in [0.717, 1.165) is 51.1 Å². The van der Waals surface area contributed by atoms with Gasteiger partial charge in [-0.1, -0.05) is 24.3 Å². The van der Waals surface area contributed by atoms with Gasteiger partial charge in [0.15, 0.2) is 0 Å². The number of fused-ring (bicyclic) bond motifs is 1. The SMILES string of the molecule is O=C(Nc1cccc(C(=O)N2CCc3ccccc32)c1)N1CCC2(CCNC2)C1.O=C(O)C(F)(F)F. The van der Waals surface area contributed by atoms with E-state index in [9.17, 15) is 22.8 Å². The molecule has 3 heterocycles. The Morgan fingerprint density at radius 2 is 1.78 bits per heavy atom. The number of likely N-dealkylation sites (tertiary alicyclic amines) is 1. The third kappa shape index (κ3) is 5.62. The number of urea groups is 1. The normalized spacial score (nSPS) is 20.6. The molecule has 3 N–H and O–H groups in total. The number of rotatable bonds is 2. The van der Waals surface area contributed by atoms with Gasteiger partial charge < -0.3 is 25.5 Å². The number of aliphatic carboxylic acids is 1. The van der Waals surface area contributed by atoms with Gasteiger partial charge in [-0.25, -0.2) is 9.59 Å². The molecule has 1 atom stereocenters. The van der Waals surface area contributed by atoms with Crippen molar-refractivity contribution < 1.29 is 32.7 Å². The largest absolute Gasteiger partial charge is 0.490 e. The Bertz CT molecular complexity index is 1150. The number of carboxylic acids is 1. The number of hydrogen-bond donors (Lipinski definition) is 3. The fraction of sp³-hybridized carbons (Fsp3) is 0.400. The van der Waals surface area contributed by atoms with Crippen LogP contribution >= 0.6 is 0 Å². The van der Waals surface area contributed by atoms with Crippen LogP contribution in [0.2, 0.25) is 0 Å². The highest BCUT2D eigenvalue weighted by molar-refractivity contribution is 6.08. The van der Waals surface area contributed by atoms with Crippen molar-refractivity contribution in [2.24, 2.45) is 5.41 Å². The van der Waals surface area contributed by atoms with E-state index >= 15 is 0 Å². The fourth-order valence-electron chi connectivity index (χ4n) is 4.89. The Labute approximate surface area is 206 Å². The Kier molecular flexibility index (Phi) is 7.21. The standard InChI is InChI=1S/C23H26N4O2.C2HF3O2/c28-21(27-12-8-17-4-1-2-7-20(17)27)18-5-3-6-19(14-18)25-22(29)26-13-10-23(16-26)9-11-24-15-23;3-2(4,5)1(6)7/h1-7,14,24H,8-13,15-16H2,(H,25,29);(H,6,7). The van der Waals surface area contributed by atoms with E-state index in [-0.39, 0.29) is 17.4 Å². The van der Waals surface area contributed by atoms with Crippen molar-refractivity contribution in [1.29, 1.82) is 0 Å². The molecule has 0 bridgehead atoms. The molecule has 3 amide bonds. The second kappa shape index (κ2) is 10.2. The Balaban J connectivity index is 0.000000384. The van der Waals surface area contributed by atoms with Gasteiger partial charge in [0.2, 0.25) is 0 Å². The van der Waals surface area contributed by atoms with Crippen LogP contribution in [0.4, 0.5) is 29.3 Å². The van der Waals surface area contributed by atoms with Crippen LogP contribution in [-0.4, -0.2) is 66.8 Å². The van der Waals surface area contributed by atoms with Crippen molar-refractivity contribution in [3.8, 4) is 0 Å². The Morgan fingerprint density at radius 1 is 1.03 bits per heavy atom. The summed E-state index contributed by atoms with van der Waals surface area (Å²) in [7, 11) is 0. The highest BCUT2D eigenvalue weighted by Crippen LogP contribution is 2.36. The number of carbonyl (C=O) groups excluding carboxylic acids is 2. The molecule has 2 saturated heterocycles. The van der Waals surface area contributed by atoms with E-state index in [2.05, 4.69) is 16.7 Å². The first kappa shape index (κ1) is 25.5. The average Bonchev–Trinajstić information content (AvgIpc) is 3.59. The summed E-state index contributed by atoms with van der Waals surface area (Å²) in [4.78, 5) is 38.4. The quantitative estimate of drug-likeness (QED) is 0.579. The van der Waals surface area contributed by atoms with Gasteiger partial charge in [0.1, 0.15) is 0 Å². The summed E-state index contributed by atoms with van der Waals surface area (Å²) in [5.41, 5.74) is 3.70. The fourth-order valence-corrected chi connectivity index (χ4v) is 4.89. The van der Waals surface area contributed by atoms with Crippen molar-refractivity contribution in [2.75, 3.05) is 42.9 Å². The Hall–Kier alpha value is -3.60. The molecule has 0 aromatic heterocycles. The van der Waals surface area contributed by atoms with Gasteiger partial charge in [0.25, 0.3) is 5.91 Å². The lowest BCUT2D eigenvalue weighted by Gasteiger charge is -2.23. The first-order valence-corrected chi connectivity index (χ1v) is 11.6. The zero-order valence-electron chi connectivity index (χ0n) is 19.5. The molecule has 2 fully saturated rings. The zero-order valence-corrected chi connectivity index (χ0v) is 19.5. The van der Waals surface area contributed by atoms with Crippen LogP contribution in [0.5, 0.6) is 0 Å². The third-order valence-corrected chi connectivity index (χ3v) is 6.79. The molecule has 5 rings (SSSR count). The molecule has 1 unspecified atom stereocenters. The summed E-state index contributed by atoms with van der Waals surface area (Å²) in [6.07, 6.45) is -2.01.